The minimum atomic E-state index is -1.01. The van der Waals surface area contributed by atoms with Crippen LogP contribution in [0.2, 0.25) is 0 Å². The van der Waals surface area contributed by atoms with Crippen molar-refractivity contribution >= 4 is 23.7 Å². The van der Waals surface area contributed by atoms with Gasteiger partial charge in [0.2, 0.25) is 11.8 Å². The van der Waals surface area contributed by atoms with Gasteiger partial charge in [0, 0.05) is 13.7 Å². The van der Waals surface area contributed by atoms with Crippen LogP contribution in [0, 0.1) is 11.8 Å². The molecule has 188 valence electrons. The van der Waals surface area contributed by atoms with Crippen molar-refractivity contribution in [3.8, 4) is 0 Å². The summed E-state index contributed by atoms with van der Waals surface area (Å²) in [6.45, 7) is 10.8. The van der Waals surface area contributed by atoms with Crippen LogP contribution in [0.4, 0.5) is 0 Å². The summed E-state index contributed by atoms with van der Waals surface area (Å²) in [6, 6.07) is -1.69. The predicted octanol–water partition coefficient (Wildman–Crippen LogP) is 0.918. The number of hydrogen-bond donors (Lipinski definition) is 3. The van der Waals surface area contributed by atoms with Crippen LogP contribution in [0.1, 0.15) is 54.4 Å². The summed E-state index contributed by atoms with van der Waals surface area (Å²) in [4.78, 5) is 50.7. The molecule has 1 heterocycles. The van der Waals surface area contributed by atoms with Gasteiger partial charge < -0.3 is 20.1 Å². The number of allylic oxidation sites excluding steroid dienone is 1. The molecule has 0 bridgehead atoms. The van der Waals surface area contributed by atoms with Crippen LogP contribution in [-0.2, 0) is 28.7 Å². The molecule has 0 aromatic carbocycles. The van der Waals surface area contributed by atoms with Gasteiger partial charge in [0.1, 0.15) is 17.6 Å². The maximum absolute atomic E-state index is 13.0. The third kappa shape index (κ3) is 7.53. The average molecular weight is 469 g/mol. The largest absolute Gasteiger partial charge is 0.468 e. The Balaban J connectivity index is 2.83. The number of amides is 3. The van der Waals surface area contributed by atoms with Crippen molar-refractivity contribution < 1.29 is 28.7 Å². The van der Waals surface area contributed by atoms with Crippen LogP contribution < -0.4 is 16.1 Å². The highest BCUT2D eigenvalue weighted by Crippen LogP contribution is 2.20. The van der Waals surface area contributed by atoms with E-state index < -0.39 is 41.5 Å². The number of esters is 1. The van der Waals surface area contributed by atoms with E-state index in [-0.39, 0.29) is 17.7 Å². The number of hydrogen-bond acceptors (Lipinski definition) is 7. The standard InChI is InChI=1S/C23H40N4O6/c1-9-11-17(32-7)15(4)19(28)25-18(14(2)3)20(29)24-16(5)21(30)27-13-10-12-23(6,26-27)22(31)33-8/h9,11,14-18,26H,10,12-13H2,1-8H3,(H,24,29)(H,25,28)/t15-,16?,17-,18?,23?/m1/s1. The van der Waals surface area contributed by atoms with Gasteiger partial charge in [0.25, 0.3) is 5.91 Å². The second-order valence-electron chi connectivity index (χ2n) is 9.00. The van der Waals surface area contributed by atoms with Crippen LogP contribution in [0.5, 0.6) is 0 Å². The van der Waals surface area contributed by atoms with Gasteiger partial charge in [-0.15, -0.1) is 0 Å². The van der Waals surface area contributed by atoms with E-state index in [1.54, 1.807) is 32.9 Å². The van der Waals surface area contributed by atoms with E-state index in [9.17, 15) is 19.2 Å². The smallest absolute Gasteiger partial charge is 0.327 e. The summed E-state index contributed by atoms with van der Waals surface area (Å²) in [5.41, 5.74) is 1.92. The molecule has 3 amide bonds. The molecule has 33 heavy (non-hydrogen) atoms. The number of methoxy groups -OCH3 is 2. The first kappa shape index (κ1) is 28.6. The van der Waals surface area contributed by atoms with E-state index in [0.29, 0.717) is 19.4 Å². The van der Waals surface area contributed by atoms with Gasteiger partial charge in [0.05, 0.1) is 19.1 Å². The van der Waals surface area contributed by atoms with Gasteiger partial charge in [-0.2, -0.15) is 0 Å². The van der Waals surface area contributed by atoms with Gasteiger partial charge in [0.15, 0.2) is 0 Å². The SMILES string of the molecule is CC=C[C@@H](OC)[C@@H](C)C(=O)NC(C(=O)NC(C)C(=O)N1CCCC(C)(C(=O)OC)N1)C(C)C. The van der Waals surface area contributed by atoms with Gasteiger partial charge in [-0.05, 0) is 39.5 Å². The van der Waals surface area contributed by atoms with E-state index >= 15 is 0 Å². The first-order valence-electron chi connectivity index (χ1n) is 11.4. The zero-order valence-electron chi connectivity index (χ0n) is 21.1. The molecule has 3 unspecified atom stereocenters. The first-order valence-corrected chi connectivity index (χ1v) is 11.4. The maximum atomic E-state index is 13.0. The second kappa shape index (κ2) is 12.7. The van der Waals surface area contributed by atoms with Gasteiger partial charge in [-0.3, -0.25) is 24.2 Å². The van der Waals surface area contributed by atoms with E-state index in [2.05, 4.69) is 16.1 Å². The normalized spacial score (nSPS) is 22.4. The van der Waals surface area contributed by atoms with E-state index in [1.807, 2.05) is 20.8 Å². The highest BCUT2D eigenvalue weighted by molar-refractivity contribution is 5.92. The number of nitrogens with one attached hydrogen (secondary N) is 3. The first-order chi connectivity index (χ1) is 15.4. The number of ether oxygens (including phenoxy) is 2. The van der Waals surface area contributed by atoms with Crippen LogP contribution in [-0.4, -0.2) is 73.2 Å². The highest BCUT2D eigenvalue weighted by atomic mass is 16.5. The number of carbonyl (C=O) groups is 4. The topological polar surface area (TPSA) is 126 Å². The molecule has 0 radical (unpaired) electrons. The van der Waals surface area contributed by atoms with Crippen molar-refractivity contribution in [1.29, 1.82) is 0 Å². The van der Waals surface area contributed by atoms with Crippen LogP contribution in [0.15, 0.2) is 12.2 Å². The molecule has 1 aliphatic heterocycles. The molecule has 3 N–H and O–H groups in total. The maximum Gasteiger partial charge on any atom is 0.327 e. The molecular weight excluding hydrogens is 428 g/mol. The molecule has 1 saturated heterocycles. The third-order valence-corrected chi connectivity index (χ3v) is 5.88. The molecule has 10 nitrogen and oxygen atoms in total. The van der Waals surface area contributed by atoms with Crippen molar-refractivity contribution in [3.63, 3.8) is 0 Å². The van der Waals surface area contributed by atoms with Gasteiger partial charge >= 0.3 is 5.97 Å². The third-order valence-electron chi connectivity index (χ3n) is 5.88. The number of carbonyl (C=O) groups excluding carboxylic acids is 4. The summed E-state index contributed by atoms with van der Waals surface area (Å²) in [7, 11) is 2.82. The molecule has 0 aliphatic carbocycles. The number of nitrogens with zero attached hydrogens (tertiary/aromatic N) is 1. The molecule has 0 spiro atoms. The lowest BCUT2D eigenvalue weighted by molar-refractivity contribution is -0.157. The average Bonchev–Trinajstić information content (AvgIpc) is 2.78. The molecule has 10 heteroatoms. The molecule has 1 rings (SSSR count). The van der Waals surface area contributed by atoms with E-state index in [1.165, 1.54) is 19.2 Å². The summed E-state index contributed by atoms with van der Waals surface area (Å²) in [6.07, 6.45) is 4.31. The number of rotatable bonds is 10. The summed E-state index contributed by atoms with van der Waals surface area (Å²) in [5.74, 6) is -2.33. The van der Waals surface area contributed by atoms with Gasteiger partial charge in [-0.1, -0.05) is 32.9 Å². The lowest BCUT2D eigenvalue weighted by Gasteiger charge is -2.40. The predicted molar refractivity (Wildman–Crippen MR) is 124 cm³/mol. The minimum absolute atomic E-state index is 0.207. The summed E-state index contributed by atoms with van der Waals surface area (Å²) in [5, 5.41) is 6.82. The van der Waals surface area contributed by atoms with Crippen molar-refractivity contribution in [2.45, 2.75) is 78.1 Å². The Morgan fingerprint density at radius 3 is 2.21 bits per heavy atom. The highest BCUT2D eigenvalue weighted by Gasteiger charge is 2.41. The zero-order valence-corrected chi connectivity index (χ0v) is 21.1. The Kier molecular flexibility index (Phi) is 11.0. The Bertz CT molecular complexity index is 740. The molecule has 0 aromatic heterocycles. The van der Waals surface area contributed by atoms with Crippen LogP contribution >= 0.6 is 0 Å². The monoisotopic (exact) mass is 468 g/mol. The van der Waals surface area contributed by atoms with E-state index in [0.717, 1.165) is 0 Å². The fourth-order valence-corrected chi connectivity index (χ4v) is 3.75. The molecule has 1 aliphatic rings. The Morgan fingerprint density at radius 2 is 1.70 bits per heavy atom. The van der Waals surface area contributed by atoms with Crippen molar-refractivity contribution in [1.82, 2.24) is 21.1 Å². The van der Waals surface area contributed by atoms with Gasteiger partial charge in [-0.25, -0.2) is 5.43 Å². The fraction of sp³-hybridized carbons (Fsp3) is 0.739. The summed E-state index contributed by atoms with van der Waals surface area (Å²) >= 11 is 0. The van der Waals surface area contributed by atoms with Crippen LogP contribution in [0.3, 0.4) is 0 Å². The number of hydrazine groups is 1. The molecule has 0 aromatic rings. The van der Waals surface area contributed by atoms with Crippen molar-refractivity contribution in [2.24, 2.45) is 11.8 Å². The minimum Gasteiger partial charge on any atom is -0.468 e. The Hall–Kier alpha value is -2.46. The lowest BCUT2D eigenvalue weighted by atomic mass is 9.94. The summed E-state index contributed by atoms with van der Waals surface area (Å²) < 4.78 is 10.2. The second-order valence-corrected chi connectivity index (χ2v) is 9.00. The lowest BCUT2D eigenvalue weighted by Crippen LogP contribution is -2.65. The van der Waals surface area contributed by atoms with Crippen molar-refractivity contribution in [2.75, 3.05) is 20.8 Å². The Labute approximate surface area is 196 Å². The zero-order chi connectivity index (χ0) is 25.3. The van der Waals surface area contributed by atoms with Crippen molar-refractivity contribution in [3.05, 3.63) is 12.2 Å². The van der Waals surface area contributed by atoms with Crippen LogP contribution in [0.25, 0.3) is 0 Å². The molecular formula is C23H40N4O6. The molecule has 5 atom stereocenters. The molecule has 0 saturated carbocycles. The quantitative estimate of drug-likeness (QED) is 0.321. The Morgan fingerprint density at radius 1 is 1.06 bits per heavy atom. The molecule has 1 fully saturated rings. The fourth-order valence-electron chi connectivity index (χ4n) is 3.75. The van der Waals surface area contributed by atoms with E-state index in [4.69, 9.17) is 9.47 Å².